The first kappa shape index (κ1) is 29.7. The van der Waals surface area contributed by atoms with E-state index in [4.69, 9.17) is 4.42 Å². The van der Waals surface area contributed by atoms with Crippen molar-refractivity contribution in [3.8, 4) is 22.5 Å². The van der Waals surface area contributed by atoms with Gasteiger partial charge in [-0.1, -0.05) is 31.9 Å². The molecule has 0 saturated carbocycles. The summed E-state index contributed by atoms with van der Waals surface area (Å²) in [5, 5.41) is 14.0. The van der Waals surface area contributed by atoms with E-state index >= 15 is 0 Å². The number of hydrogen-bond donors (Lipinski definition) is 0. The average Bonchev–Trinajstić information content (AvgIpc) is 2.96. The number of carboxylic acid groups (broad SMARTS) is 1. The third-order valence-electron chi connectivity index (χ3n) is 7.56. The number of rotatable bonds is 12. The van der Waals surface area contributed by atoms with Gasteiger partial charge < -0.3 is 19.2 Å². The van der Waals surface area contributed by atoms with E-state index in [0.29, 0.717) is 53.7 Å². The predicted octanol–water partition coefficient (Wildman–Crippen LogP) is 5.17. The monoisotopic (exact) mass is 554 g/mol. The number of carboxylic acids is 1. The van der Waals surface area contributed by atoms with Gasteiger partial charge in [-0.3, -0.25) is 9.59 Å². The van der Waals surface area contributed by atoms with Crippen LogP contribution in [0.5, 0.6) is 0 Å². The van der Waals surface area contributed by atoms with Crippen LogP contribution in [0.1, 0.15) is 72.6 Å². The normalized spacial score (nSPS) is 11.1. The van der Waals surface area contributed by atoms with Gasteiger partial charge in [0.1, 0.15) is 31.2 Å². The topological polar surface area (TPSA) is 93.7 Å². The summed E-state index contributed by atoms with van der Waals surface area (Å²) in [4.78, 5) is 39.0. The van der Waals surface area contributed by atoms with Crippen molar-refractivity contribution in [2.45, 2.75) is 51.9 Å². The average molecular weight is 555 g/mol. The molecule has 0 fully saturated rings. The number of benzene rings is 3. The highest BCUT2D eigenvalue weighted by Gasteiger charge is 2.22. The molecular weight excluding hydrogens is 516 g/mol. The summed E-state index contributed by atoms with van der Waals surface area (Å²) >= 11 is 0. The second-order valence-corrected chi connectivity index (χ2v) is 10.9. The van der Waals surface area contributed by atoms with Gasteiger partial charge in [-0.15, -0.1) is 0 Å². The molecule has 2 aromatic carbocycles. The Balaban J connectivity index is 1.79. The molecule has 0 amide bonds. The summed E-state index contributed by atoms with van der Waals surface area (Å²) < 4.78 is 8.35. The van der Waals surface area contributed by atoms with E-state index in [9.17, 15) is 19.5 Å². The third-order valence-corrected chi connectivity index (χ3v) is 7.56. The van der Waals surface area contributed by atoms with Crippen LogP contribution in [0.25, 0.3) is 33.4 Å². The van der Waals surface area contributed by atoms with Gasteiger partial charge in [0.25, 0.3) is 0 Å². The first-order valence-corrected chi connectivity index (χ1v) is 14.2. The van der Waals surface area contributed by atoms with E-state index < -0.39 is 5.97 Å². The van der Waals surface area contributed by atoms with Crippen molar-refractivity contribution in [3.05, 3.63) is 71.1 Å². The van der Waals surface area contributed by atoms with Crippen molar-refractivity contribution < 1.29 is 23.9 Å². The summed E-state index contributed by atoms with van der Waals surface area (Å²) in [5.74, 6) is -0.471. The van der Waals surface area contributed by atoms with E-state index in [0.717, 1.165) is 41.3 Å². The van der Waals surface area contributed by atoms with Gasteiger partial charge in [-0.05, 0) is 42.7 Å². The Morgan fingerprint density at radius 2 is 1.59 bits per heavy atom. The van der Waals surface area contributed by atoms with Gasteiger partial charge in [0.2, 0.25) is 5.36 Å². The van der Waals surface area contributed by atoms with Gasteiger partial charge in [0.15, 0.2) is 5.78 Å². The summed E-state index contributed by atoms with van der Waals surface area (Å²) in [6, 6.07) is 16.4. The van der Waals surface area contributed by atoms with Gasteiger partial charge in [0.05, 0.1) is 12.0 Å². The maximum absolute atomic E-state index is 13.2. The van der Waals surface area contributed by atoms with Crippen LogP contribution >= 0.6 is 0 Å². The number of carbonyl (C=O) groups is 3. The number of anilines is 1. The maximum atomic E-state index is 13.2. The number of unbranched alkanes of at least 4 members (excludes halogenated alkanes) is 3. The molecule has 2 aliphatic rings. The molecule has 214 valence electrons. The largest absolute Gasteiger partial charge is 0.545 e. The Kier molecular flexibility index (Phi) is 9.38. The highest BCUT2D eigenvalue weighted by Crippen LogP contribution is 2.42. The molecule has 4 rings (SSSR count). The fourth-order valence-electron chi connectivity index (χ4n) is 5.10. The molecule has 0 N–H and O–H groups in total. The molecule has 1 aliphatic heterocycles. The van der Waals surface area contributed by atoms with Crippen molar-refractivity contribution >= 4 is 34.2 Å². The van der Waals surface area contributed by atoms with Crippen LogP contribution in [-0.4, -0.2) is 45.7 Å². The second kappa shape index (κ2) is 12.9. The smallest absolute Gasteiger partial charge is 0.203 e. The molecule has 0 radical (unpaired) electrons. The lowest BCUT2D eigenvalue weighted by Crippen LogP contribution is -2.23. The van der Waals surface area contributed by atoms with Crippen molar-refractivity contribution in [1.82, 2.24) is 4.58 Å². The standard InChI is InChI=1S/C34H38N2O5/c1-6-25(37)11-9-7-8-10-12-30(38)22-13-16-26(34(39)40)29(19-22)33-27-17-14-23(35(2)3)20-31(27)41-32-21-24(36(4)5)15-18-28(32)33/h13-21H,6-12H2,1-5H3. The molecular formula is C34H38N2O5. The fraction of sp³-hybridized carbons (Fsp3) is 0.353. The molecule has 0 atom stereocenters. The Hall–Kier alpha value is -4.26. The van der Waals surface area contributed by atoms with Crippen molar-refractivity contribution in [2.24, 2.45) is 0 Å². The summed E-state index contributed by atoms with van der Waals surface area (Å²) in [6.07, 6.45) is 4.85. The molecule has 0 unspecified atom stereocenters. The Bertz CT molecular complexity index is 1640. The molecule has 1 heterocycles. The zero-order valence-electron chi connectivity index (χ0n) is 24.6. The lowest BCUT2D eigenvalue weighted by molar-refractivity contribution is -0.254. The molecule has 7 nitrogen and oxygen atoms in total. The van der Waals surface area contributed by atoms with Crippen LogP contribution in [-0.2, 0) is 4.79 Å². The highest BCUT2D eigenvalue weighted by molar-refractivity contribution is 6.09. The van der Waals surface area contributed by atoms with E-state index in [1.54, 1.807) is 12.1 Å². The number of nitrogens with zero attached hydrogens (tertiary/aromatic N) is 2. The number of fused-ring (bicyclic) bond motifs is 2. The molecule has 41 heavy (non-hydrogen) atoms. The van der Waals surface area contributed by atoms with Crippen molar-refractivity contribution in [1.29, 1.82) is 0 Å². The Labute approximate surface area is 241 Å². The minimum Gasteiger partial charge on any atom is -0.545 e. The molecule has 7 heteroatoms. The SMILES string of the molecule is CCC(=O)CCCCCCC(=O)c1ccc(C(=O)[O-])c(-c2c3ccc(=[N+](C)C)cc-3oc3cc(N(C)C)ccc23)c1. The molecule has 0 spiro atoms. The second-order valence-electron chi connectivity index (χ2n) is 10.9. The molecule has 0 saturated heterocycles. The molecule has 2 aromatic rings. The third kappa shape index (κ3) is 6.73. The van der Waals surface area contributed by atoms with E-state index in [-0.39, 0.29) is 17.1 Å². The van der Waals surface area contributed by atoms with Gasteiger partial charge >= 0.3 is 0 Å². The van der Waals surface area contributed by atoms with Crippen LogP contribution in [0, 0.1) is 0 Å². The van der Waals surface area contributed by atoms with Crippen molar-refractivity contribution in [3.63, 3.8) is 0 Å². The molecule has 0 bridgehead atoms. The van der Waals surface area contributed by atoms with E-state index in [1.165, 1.54) is 6.07 Å². The minimum atomic E-state index is -1.31. The lowest BCUT2D eigenvalue weighted by atomic mass is 9.88. The summed E-state index contributed by atoms with van der Waals surface area (Å²) in [7, 11) is 7.78. The first-order valence-electron chi connectivity index (χ1n) is 14.2. The van der Waals surface area contributed by atoms with Crippen LogP contribution in [0.2, 0.25) is 0 Å². The minimum absolute atomic E-state index is 0.0179. The Morgan fingerprint density at radius 1 is 0.854 bits per heavy atom. The Morgan fingerprint density at radius 3 is 2.24 bits per heavy atom. The first-order chi connectivity index (χ1) is 19.6. The van der Waals surface area contributed by atoms with Gasteiger partial charge in [-0.25, -0.2) is 4.58 Å². The van der Waals surface area contributed by atoms with Crippen LogP contribution in [0.4, 0.5) is 5.69 Å². The molecule has 1 aliphatic carbocycles. The zero-order chi connectivity index (χ0) is 29.7. The number of aromatic carboxylic acids is 1. The molecule has 0 aromatic heterocycles. The number of Topliss-reactive ketones (excluding diaryl/α,β-unsaturated/α-hetero) is 2. The lowest BCUT2D eigenvalue weighted by Gasteiger charge is -2.20. The van der Waals surface area contributed by atoms with Crippen molar-refractivity contribution in [2.75, 3.05) is 33.1 Å². The fourth-order valence-corrected chi connectivity index (χ4v) is 5.10. The van der Waals surface area contributed by atoms with Gasteiger partial charge in [0, 0.05) is 78.8 Å². The predicted molar refractivity (Wildman–Crippen MR) is 161 cm³/mol. The van der Waals surface area contributed by atoms with E-state index in [2.05, 4.69) is 0 Å². The summed E-state index contributed by atoms with van der Waals surface area (Å²) in [5.41, 5.74) is 3.89. The summed E-state index contributed by atoms with van der Waals surface area (Å²) in [6.45, 7) is 1.87. The number of carbonyl (C=O) groups excluding carboxylic acids is 3. The number of ketones is 2. The van der Waals surface area contributed by atoms with Gasteiger partial charge in [-0.2, -0.15) is 0 Å². The highest BCUT2D eigenvalue weighted by atomic mass is 16.4. The number of hydrogen-bond acceptors (Lipinski definition) is 6. The van der Waals surface area contributed by atoms with E-state index in [1.807, 2.05) is 81.0 Å². The van der Waals surface area contributed by atoms with Crippen LogP contribution in [0.15, 0.2) is 59.0 Å². The van der Waals surface area contributed by atoms with Crippen LogP contribution in [0.3, 0.4) is 0 Å². The quantitative estimate of drug-likeness (QED) is 0.104. The zero-order valence-corrected chi connectivity index (χ0v) is 24.6. The van der Waals surface area contributed by atoms with Crippen LogP contribution < -0.4 is 19.9 Å². The maximum Gasteiger partial charge on any atom is 0.203 e.